The molecule has 2 aromatic rings. The van der Waals surface area contributed by atoms with E-state index in [9.17, 15) is 4.79 Å². The van der Waals surface area contributed by atoms with E-state index in [1.807, 2.05) is 14.1 Å². The van der Waals surface area contributed by atoms with Gasteiger partial charge in [-0.1, -0.05) is 55.0 Å². The SMILES string of the molecule is CNCCCCCN(C)C(=O)OCC1c2ccccc2-c2ccccc21. The maximum atomic E-state index is 12.3. The third kappa shape index (κ3) is 4.07. The van der Waals surface area contributed by atoms with E-state index in [-0.39, 0.29) is 12.0 Å². The lowest BCUT2D eigenvalue weighted by Crippen LogP contribution is -2.29. The molecule has 0 saturated heterocycles. The minimum Gasteiger partial charge on any atom is -0.448 e. The van der Waals surface area contributed by atoms with Gasteiger partial charge in [0.1, 0.15) is 6.61 Å². The zero-order valence-electron chi connectivity index (χ0n) is 15.7. The average Bonchev–Trinajstić information content (AvgIpc) is 3.00. The molecule has 0 radical (unpaired) electrons. The molecule has 4 nitrogen and oxygen atoms in total. The number of benzene rings is 2. The van der Waals surface area contributed by atoms with Crippen molar-refractivity contribution in [3.8, 4) is 11.1 Å². The summed E-state index contributed by atoms with van der Waals surface area (Å²) in [6, 6.07) is 16.8. The number of nitrogens with one attached hydrogen (secondary N) is 1. The van der Waals surface area contributed by atoms with Crippen LogP contribution in [-0.2, 0) is 4.74 Å². The van der Waals surface area contributed by atoms with Crippen molar-refractivity contribution in [2.75, 3.05) is 33.8 Å². The molecule has 0 aliphatic heterocycles. The molecule has 0 aromatic heterocycles. The Hall–Kier alpha value is -2.33. The number of hydrogen-bond donors (Lipinski definition) is 1. The fourth-order valence-corrected chi connectivity index (χ4v) is 3.62. The fraction of sp³-hybridized carbons (Fsp3) is 0.409. The molecule has 0 heterocycles. The van der Waals surface area contributed by atoms with E-state index in [4.69, 9.17) is 4.74 Å². The highest BCUT2D eigenvalue weighted by Gasteiger charge is 2.29. The fourth-order valence-electron chi connectivity index (χ4n) is 3.62. The second-order valence-corrected chi connectivity index (χ2v) is 6.89. The van der Waals surface area contributed by atoms with Gasteiger partial charge in [-0.05, 0) is 48.7 Å². The Morgan fingerprint density at radius 3 is 2.23 bits per heavy atom. The first-order valence-corrected chi connectivity index (χ1v) is 9.43. The molecule has 1 N–H and O–H groups in total. The minimum absolute atomic E-state index is 0.121. The van der Waals surface area contributed by atoms with Gasteiger partial charge in [-0.3, -0.25) is 0 Å². The summed E-state index contributed by atoms with van der Waals surface area (Å²) >= 11 is 0. The third-order valence-electron chi connectivity index (χ3n) is 5.07. The molecule has 0 unspecified atom stereocenters. The lowest BCUT2D eigenvalue weighted by molar-refractivity contribution is 0.108. The second-order valence-electron chi connectivity index (χ2n) is 6.89. The summed E-state index contributed by atoms with van der Waals surface area (Å²) in [5.74, 6) is 0.121. The van der Waals surface area contributed by atoms with E-state index in [1.165, 1.54) is 22.3 Å². The molecule has 4 heteroatoms. The summed E-state index contributed by atoms with van der Waals surface area (Å²) < 4.78 is 5.65. The monoisotopic (exact) mass is 352 g/mol. The van der Waals surface area contributed by atoms with Crippen molar-refractivity contribution in [3.63, 3.8) is 0 Å². The summed E-state index contributed by atoms with van der Waals surface area (Å²) in [5.41, 5.74) is 5.00. The maximum absolute atomic E-state index is 12.3. The molecule has 0 bridgehead atoms. The topological polar surface area (TPSA) is 41.6 Å². The molecule has 0 saturated carbocycles. The van der Waals surface area contributed by atoms with E-state index in [2.05, 4.69) is 53.8 Å². The minimum atomic E-state index is -0.236. The van der Waals surface area contributed by atoms with Crippen molar-refractivity contribution < 1.29 is 9.53 Å². The van der Waals surface area contributed by atoms with Crippen molar-refractivity contribution in [2.45, 2.75) is 25.2 Å². The van der Waals surface area contributed by atoms with Gasteiger partial charge < -0.3 is 15.0 Å². The van der Waals surface area contributed by atoms with Crippen LogP contribution < -0.4 is 5.32 Å². The van der Waals surface area contributed by atoms with Gasteiger partial charge in [0, 0.05) is 19.5 Å². The molecule has 0 fully saturated rings. The number of carbonyl (C=O) groups is 1. The Morgan fingerprint density at radius 1 is 1.00 bits per heavy atom. The smallest absolute Gasteiger partial charge is 0.409 e. The van der Waals surface area contributed by atoms with Crippen LogP contribution in [0.4, 0.5) is 4.79 Å². The average molecular weight is 352 g/mol. The van der Waals surface area contributed by atoms with Crippen molar-refractivity contribution in [2.24, 2.45) is 0 Å². The zero-order valence-corrected chi connectivity index (χ0v) is 15.7. The molecule has 3 rings (SSSR count). The van der Waals surface area contributed by atoms with E-state index in [1.54, 1.807) is 4.90 Å². The van der Waals surface area contributed by atoms with Crippen molar-refractivity contribution in [3.05, 3.63) is 59.7 Å². The highest BCUT2D eigenvalue weighted by atomic mass is 16.6. The largest absolute Gasteiger partial charge is 0.448 e. The Morgan fingerprint density at radius 2 is 1.62 bits per heavy atom. The van der Waals surface area contributed by atoms with Crippen molar-refractivity contribution >= 4 is 6.09 Å². The number of hydrogen-bond acceptors (Lipinski definition) is 3. The van der Waals surface area contributed by atoms with Crippen LogP contribution in [0, 0.1) is 0 Å². The van der Waals surface area contributed by atoms with Gasteiger partial charge >= 0.3 is 6.09 Å². The number of rotatable bonds is 8. The lowest BCUT2D eigenvalue weighted by Gasteiger charge is -2.19. The first-order chi connectivity index (χ1) is 12.7. The van der Waals surface area contributed by atoms with Gasteiger partial charge in [-0.25, -0.2) is 4.79 Å². The molecule has 0 spiro atoms. The third-order valence-corrected chi connectivity index (χ3v) is 5.07. The van der Waals surface area contributed by atoms with Crippen LogP contribution in [0.3, 0.4) is 0 Å². The Kier molecular flexibility index (Phi) is 6.29. The second kappa shape index (κ2) is 8.86. The molecular formula is C22H28N2O2. The number of unbranched alkanes of at least 4 members (excludes halogenated alkanes) is 2. The normalized spacial score (nSPS) is 12.5. The first-order valence-electron chi connectivity index (χ1n) is 9.43. The molecule has 0 atom stereocenters. The molecule has 2 aromatic carbocycles. The van der Waals surface area contributed by atoms with E-state index >= 15 is 0 Å². The van der Waals surface area contributed by atoms with Crippen LogP contribution >= 0.6 is 0 Å². The standard InChI is InChI=1S/C22H28N2O2/c1-23-14-8-3-9-15-24(2)22(25)26-16-21-19-12-6-4-10-17(19)18-11-5-7-13-20(18)21/h4-7,10-13,21,23H,3,8-9,14-16H2,1-2H3. The zero-order chi connectivity index (χ0) is 18.4. The number of nitrogens with zero attached hydrogens (tertiary/aromatic N) is 1. The Labute approximate surface area is 156 Å². The molecule has 26 heavy (non-hydrogen) atoms. The van der Waals surface area contributed by atoms with Gasteiger partial charge in [-0.2, -0.15) is 0 Å². The quantitative estimate of drug-likeness (QED) is 0.722. The van der Waals surface area contributed by atoms with Crippen molar-refractivity contribution in [1.82, 2.24) is 10.2 Å². The van der Waals surface area contributed by atoms with E-state index in [0.29, 0.717) is 6.61 Å². The maximum Gasteiger partial charge on any atom is 0.409 e. The highest BCUT2D eigenvalue weighted by Crippen LogP contribution is 2.44. The van der Waals surface area contributed by atoms with E-state index < -0.39 is 0 Å². The van der Waals surface area contributed by atoms with Gasteiger partial charge in [-0.15, -0.1) is 0 Å². The summed E-state index contributed by atoms with van der Waals surface area (Å²) in [4.78, 5) is 14.0. The number of carbonyl (C=O) groups excluding carboxylic acids is 1. The Balaban J connectivity index is 1.57. The van der Waals surface area contributed by atoms with Crippen LogP contribution in [-0.4, -0.2) is 44.8 Å². The predicted octanol–water partition coefficient (Wildman–Crippen LogP) is 4.26. The van der Waals surface area contributed by atoms with Crippen LogP contribution in [0.2, 0.25) is 0 Å². The number of amides is 1. The number of fused-ring (bicyclic) bond motifs is 3. The van der Waals surface area contributed by atoms with Gasteiger partial charge in [0.25, 0.3) is 0 Å². The highest BCUT2D eigenvalue weighted by molar-refractivity contribution is 5.79. The summed E-state index contributed by atoms with van der Waals surface area (Å²) in [6.45, 7) is 2.14. The number of ether oxygens (including phenoxy) is 1. The van der Waals surface area contributed by atoms with Gasteiger partial charge in [0.05, 0.1) is 0 Å². The van der Waals surface area contributed by atoms with E-state index in [0.717, 1.165) is 32.4 Å². The van der Waals surface area contributed by atoms with Crippen LogP contribution in [0.15, 0.2) is 48.5 Å². The first kappa shape index (κ1) is 18.5. The van der Waals surface area contributed by atoms with Gasteiger partial charge in [0.15, 0.2) is 0 Å². The molecule has 1 aliphatic carbocycles. The predicted molar refractivity (Wildman–Crippen MR) is 105 cm³/mol. The molecular weight excluding hydrogens is 324 g/mol. The summed E-state index contributed by atoms with van der Waals surface area (Å²) in [6.07, 6.45) is 3.01. The van der Waals surface area contributed by atoms with Crippen molar-refractivity contribution in [1.29, 1.82) is 0 Å². The molecule has 138 valence electrons. The Bertz CT molecular complexity index is 699. The molecule has 1 aliphatic rings. The lowest BCUT2D eigenvalue weighted by atomic mass is 9.98. The van der Waals surface area contributed by atoms with Crippen LogP contribution in [0.25, 0.3) is 11.1 Å². The van der Waals surface area contributed by atoms with Crippen LogP contribution in [0.1, 0.15) is 36.3 Å². The van der Waals surface area contributed by atoms with Gasteiger partial charge in [0.2, 0.25) is 0 Å². The molecule has 1 amide bonds. The summed E-state index contributed by atoms with van der Waals surface area (Å²) in [7, 11) is 3.78. The summed E-state index contributed by atoms with van der Waals surface area (Å²) in [5, 5.41) is 3.14. The van der Waals surface area contributed by atoms with Crippen LogP contribution in [0.5, 0.6) is 0 Å².